The molecule has 1 aromatic carbocycles. The maximum absolute atomic E-state index is 12.6. The van der Waals surface area contributed by atoms with E-state index >= 15 is 0 Å². The van der Waals surface area contributed by atoms with Crippen LogP contribution in [0.25, 0.3) is 0 Å². The molecule has 146 valence electrons. The first-order valence-corrected chi connectivity index (χ1v) is 9.16. The molecule has 0 saturated heterocycles. The summed E-state index contributed by atoms with van der Waals surface area (Å²) in [4.78, 5) is 28.9. The van der Waals surface area contributed by atoms with E-state index in [-0.39, 0.29) is 24.6 Å². The third-order valence-electron chi connectivity index (χ3n) is 4.13. The molecule has 0 saturated carbocycles. The molecule has 0 aliphatic carbocycles. The lowest BCUT2D eigenvalue weighted by atomic mass is 10.2. The van der Waals surface area contributed by atoms with Crippen molar-refractivity contribution >= 4 is 28.8 Å². The lowest BCUT2D eigenvalue weighted by Crippen LogP contribution is -2.45. The van der Waals surface area contributed by atoms with E-state index < -0.39 is 11.2 Å². The van der Waals surface area contributed by atoms with Gasteiger partial charge >= 0.3 is 5.69 Å². The molecule has 28 heavy (non-hydrogen) atoms. The number of aromatic nitrogens is 2. The summed E-state index contributed by atoms with van der Waals surface area (Å²) in [7, 11) is 0. The number of rotatable bonds is 6. The smallest absolute Gasteiger partial charge is 0.330 e. The number of benzene rings is 1. The summed E-state index contributed by atoms with van der Waals surface area (Å²) in [5.41, 5.74) is 6.06. The fourth-order valence-corrected chi connectivity index (χ4v) is 3.12. The van der Waals surface area contributed by atoms with Crippen molar-refractivity contribution in [2.24, 2.45) is 0 Å². The van der Waals surface area contributed by atoms with Gasteiger partial charge in [-0.2, -0.15) is 0 Å². The van der Waals surface area contributed by atoms with Crippen LogP contribution in [0.1, 0.15) is 18.2 Å². The minimum atomic E-state index is -0.612. The summed E-state index contributed by atoms with van der Waals surface area (Å²) in [6.07, 6.45) is 1.54. The molecular formula is C19H21N5O3S. The average Bonchev–Trinajstić information content (AvgIpc) is 3.18. The van der Waals surface area contributed by atoms with Crippen LogP contribution in [0.5, 0.6) is 0 Å². The third-order valence-corrected chi connectivity index (χ3v) is 4.50. The Balaban J connectivity index is 2.08. The fourth-order valence-electron chi connectivity index (χ4n) is 2.82. The molecule has 3 aromatic rings. The van der Waals surface area contributed by atoms with E-state index in [1.54, 1.807) is 12.1 Å². The first-order chi connectivity index (χ1) is 13.5. The Hall–Kier alpha value is -3.33. The van der Waals surface area contributed by atoms with E-state index in [4.69, 9.17) is 22.4 Å². The van der Waals surface area contributed by atoms with Crippen LogP contribution in [0.15, 0.2) is 62.7 Å². The molecule has 0 spiro atoms. The highest BCUT2D eigenvalue weighted by Crippen LogP contribution is 2.20. The minimum absolute atomic E-state index is 0.0319. The molecule has 0 radical (unpaired) electrons. The number of aromatic amines is 1. The van der Waals surface area contributed by atoms with Gasteiger partial charge < -0.3 is 20.4 Å². The van der Waals surface area contributed by atoms with E-state index in [2.05, 4.69) is 10.3 Å². The highest BCUT2D eigenvalue weighted by atomic mass is 32.1. The summed E-state index contributed by atoms with van der Waals surface area (Å²) < 4.78 is 6.71. The molecule has 0 fully saturated rings. The molecule has 2 heterocycles. The average molecular weight is 399 g/mol. The Morgan fingerprint density at radius 3 is 2.64 bits per heavy atom. The van der Waals surface area contributed by atoms with Gasteiger partial charge in [0, 0.05) is 6.54 Å². The molecule has 0 atom stereocenters. The second-order valence-electron chi connectivity index (χ2n) is 6.07. The normalized spacial score (nSPS) is 10.6. The van der Waals surface area contributed by atoms with Crippen LogP contribution in [-0.4, -0.2) is 21.2 Å². The van der Waals surface area contributed by atoms with Crippen LogP contribution < -0.4 is 27.2 Å². The molecule has 4 N–H and O–H groups in total. The van der Waals surface area contributed by atoms with Gasteiger partial charge in [0.05, 0.1) is 19.4 Å². The Bertz CT molecular complexity index is 1060. The number of nitrogens with zero attached hydrogens (tertiary/aromatic N) is 2. The molecule has 8 nitrogen and oxygen atoms in total. The fraction of sp³-hybridized carbons (Fsp3) is 0.211. The van der Waals surface area contributed by atoms with Crippen molar-refractivity contribution in [1.29, 1.82) is 0 Å². The van der Waals surface area contributed by atoms with Crippen LogP contribution in [0.3, 0.4) is 0 Å². The molecule has 0 aliphatic rings. The number of nitrogen functional groups attached to an aromatic ring is 1. The Morgan fingerprint density at radius 1 is 1.25 bits per heavy atom. The van der Waals surface area contributed by atoms with E-state index in [1.807, 2.05) is 37.3 Å². The lowest BCUT2D eigenvalue weighted by Gasteiger charge is -2.26. The van der Waals surface area contributed by atoms with Crippen molar-refractivity contribution in [3.63, 3.8) is 0 Å². The van der Waals surface area contributed by atoms with Crippen LogP contribution in [0.4, 0.5) is 11.5 Å². The van der Waals surface area contributed by atoms with E-state index in [9.17, 15) is 9.59 Å². The van der Waals surface area contributed by atoms with Gasteiger partial charge in [-0.15, -0.1) is 0 Å². The van der Waals surface area contributed by atoms with Crippen LogP contribution >= 0.6 is 12.2 Å². The zero-order valence-corrected chi connectivity index (χ0v) is 16.2. The van der Waals surface area contributed by atoms with E-state index in [0.29, 0.717) is 17.4 Å². The lowest BCUT2D eigenvalue weighted by molar-refractivity contribution is 0.511. The summed E-state index contributed by atoms with van der Waals surface area (Å²) in [5.74, 6) is 0.629. The quantitative estimate of drug-likeness (QED) is 0.541. The van der Waals surface area contributed by atoms with Crippen molar-refractivity contribution in [3.05, 3.63) is 80.9 Å². The zero-order chi connectivity index (χ0) is 20.1. The molecule has 0 bridgehead atoms. The molecule has 0 aliphatic heterocycles. The first kappa shape index (κ1) is 19.4. The summed E-state index contributed by atoms with van der Waals surface area (Å²) in [6.45, 7) is 2.86. The highest BCUT2D eigenvalue weighted by Gasteiger charge is 2.23. The SMILES string of the molecule is CCNC(=S)N(Cc1ccco1)c1c(N)n(Cc2ccccc2)c(=O)[nH]c1=O. The molecule has 3 rings (SSSR count). The topological polar surface area (TPSA) is 109 Å². The number of thiocarbonyl (C=S) groups is 1. The van der Waals surface area contributed by atoms with Crippen molar-refractivity contribution in [2.75, 3.05) is 17.2 Å². The predicted molar refractivity (Wildman–Crippen MR) is 112 cm³/mol. The second-order valence-corrected chi connectivity index (χ2v) is 6.45. The number of anilines is 2. The number of H-pyrrole nitrogens is 1. The van der Waals surface area contributed by atoms with Crippen molar-refractivity contribution in [3.8, 4) is 0 Å². The van der Waals surface area contributed by atoms with Gasteiger partial charge in [0.1, 0.15) is 11.6 Å². The zero-order valence-electron chi connectivity index (χ0n) is 15.3. The van der Waals surface area contributed by atoms with Crippen molar-refractivity contribution < 1.29 is 4.42 Å². The van der Waals surface area contributed by atoms with Crippen molar-refractivity contribution in [2.45, 2.75) is 20.0 Å². The van der Waals surface area contributed by atoms with Gasteiger partial charge in [-0.25, -0.2) is 4.79 Å². The number of nitrogens with two attached hydrogens (primary N) is 1. The van der Waals surface area contributed by atoms with Crippen LogP contribution in [0.2, 0.25) is 0 Å². The monoisotopic (exact) mass is 399 g/mol. The summed E-state index contributed by atoms with van der Waals surface area (Å²) >= 11 is 5.43. The van der Waals surface area contributed by atoms with Crippen molar-refractivity contribution in [1.82, 2.24) is 14.9 Å². The number of nitrogens with one attached hydrogen (secondary N) is 2. The largest absolute Gasteiger partial charge is 0.467 e. The van der Waals surface area contributed by atoms with E-state index in [0.717, 1.165) is 5.56 Å². The number of hydrogen-bond acceptors (Lipinski definition) is 5. The van der Waals surface area contributed by atoms with Gasteiger partial charge in [0.15, 0.2) is 10.8 Å². The van der Waals surface area contributed by atoms with Crippen LogP contribution in [-0.2, 0) is 13.1 Å². The molecular weight excluding hydrogens is 378 g/mol. The predicted octanol–water partition coefficient (Wildman–Crippen LogP) is 1.66. The number of furan rings is 1. The van der Waals surface area contributed by atoms with Gasteiger partial charge in [0.25, 0.3) is 5.56 Å². The van der Waals surface area contributed by atoms with Gasteiger partial charge in [-0.05, 0) is 36.8 Å². The maximum Gasteiger partial charge on any atom is 0.330 e. The molecule has 2 aromatic heterocycles. The maximum atomic E-state index is 12.6. The van der Waals surface area contributed by atoms with Gasteiger partial charge in [-0.1, -0.05) is 30.3 Å². The highest BCUT2D eigenvalue weighted by molar-refractivity contribution is 7.80. The molecule has 0 unspecified atom stereocenters. The second kappa shape index (κ2) is 8.57. The minimum Gasteiger partial charge on any atom is -0.467 e. The summed E-state index contributed by atoms with van der Waals surface area (Å²) in [5, 5.41) is 3.32. The first-order valence-electron chi connectivity index (χ1n) is 8.75. The van der Waals surface area contributed by atoms with Gasteiger partial charge in [-0.3, -0.25) is 14.3 Å². The van der Waals surface area contributed by atoms with E-state index in [1.165, 1.54) is 15.7 Å². The summed E-state index contributed by atoms with van der Waals surface area (Å²) in [6, 6.07) is 12.9. The Kier molecular flexibility index (Phi) is 5.95. The standard InChI is InChI=1S/C19H21N5O3S/c1-2-21-19(28)23(12-14-9-6-10-27-14)15-16(20)24(18(26)22-17(15)25)11-13-7-4-3-5-8-13/h3-10H,2,11-12,20H2,1H3,(H,21,28)(H,22,25,26). The molecule has 0 amide bonds. The third kappa shape index (κ3) is 4.15. The Morgan fingerprint density at radius 2 is 2.00 bits per heavy atom. The molecule has 9 heteroatoms. The van der Waals surface area contributed by atoms with Crippen LogP contribution in [0, 0.1) is 0 Å². The number of hydrogen-bond donors (Lipinski definition) is 3. The Labute approximate surface area is 166 Å². The van der Waals surface area contributed by atoms with Gasteiger partial charge in [0.2, 0.25) is 0 Å².